The summed E-state index contributed by atoms with van der Waals surface area (Å²) in [5, 5.41) is 0.480. The fraction of sp³-hybridized carbons (Fsp3) is 0.968. The van der Waals surface area contributed by atoms with Gasteiger partial charge in [-0.2, -0.15) is 0 Å². The smallest absolute Gasteiger partial charge is 0.192 e. The van der Waals surface area contributed by atoms with Crippen LogP contribution >= 0.6 is 0 Å². The van der Waals surface area contributed by atoms with Crippen molar-refractivity contribution in [2.75, 3.05) is 0 Å². The van der Waals surface area contributed by atoms with E-state index in [1.807, 2.05) is 0 Å². The Morgan fingerprint density at radius 2 is 1.36 bits per heavy atom. The molecule has 1 spiro atoms. The van der Waals surface area contributed by atoms with Crippen LogP contribution in [0.25, 0.3) is 0 Å². The van der Waals surface area contributed by atoms with Crippen LogP contribution in [-0.4, -0.2) is 34.6 Å². The largest absolute Gasteiger partial charge is 0.413 e. The molecule has 5 aliphatic carbocycles. The van der Waals surface area contributed by atoms with Crippen molar-refractivity contribution >= 4 is 22.4 Å². The molecule has 0 unspecified atom stereocenters. The Hall–Kier alpha value is 0.0238. The van der Waals surface area contributed by atoms with Gasteiger partial charge in [-0.3, -0.25) is 4.79 Å². The lowest BCUT2D eigenvalue weighted by Gasteiger charge is -2.57. The average Bonchev–Trinajstić information content (AvgIpc) is 3.19. The number of carbonyl (C=O) groups excluding carboxylic acids is 1. The Morgan fingerprint density at radius 1 is 0.750 bits per heavy atom. The van der Waals surface area contributed by atoms with Gasteiger partial charge in [0.05, 0.1) is 12.2 Å². The molecule has 0 aromatic rings. The Labute approximate surface area is 224 Å². The van der Waals surface area contributed by atoms with E-state index in [1.54, 1.807) is 0 Å². The van der Waals surface area contributed by atoms with E-state index in [-0.39, 0.29) is 10.1 Å². The number of ketones is 1. The van der Waals surface area contributed by atoms with Gasteiger partial charge in [-0.1, -0.05) is 48.5 Å². The minimum atomic E-state index is -1.88. The predicted molar refractivity (Wildman–Crippen MR) is 154 cm³/mol. The first-order valence-corrected chi connectivity index (χ1v) is 21.1. The van der Waals surface area contributed by atoms with Gasteiger partial charge in [0.15, 0.2) is 16.6 Å². The monoisotopic (exact) mass is 532 g/mol. The second-order valence-electron chi connectivity index (χ2n) is 17.0. The van der Waals surface area contributed by atoms with Crippen LogP contribution in [0.2, 0.25) is 36.3 Å². The van der Waals surface area contributed by atoms with Crippen LogP contribution in [0.5, 0.6) is 0 Å². The lowest BCUT2D eigenvalue weighted by atomic mass is 9.49. The number of fused-ring (bicyclic) bond motifs is 3. The van der Waals surface area contributed by atoms with Crippen molar-refractivity contribution in [2.45, 2.75) is 148 Å². The molecule has 0 saturated heterocycles. The SMILES string of the molecule is CC(C)(C)[Si](C)(C)O[C@H]1CC[C@H]2[C@@H]3CC[C@H]4CC(=O)C[C@H]5[C@@H](O[Si](C)(C)C(C)(C)C)[C@@]45[C@H]3CC[C@]12C. The highest BCUT2D eigenvalue weighted by molar-refractivity contribution is 6.74. The van der Waals surface area contributed by atoms with E-state index in [0.717, 1.165) is 30.6 Å². The minimum Gasteiger partial charge on any atom is -0.413 e. The first-order valence-electron chi connectivity index (χ1n) is 15.2. The van der Waals surface area contributed by atoms with Crippen molar-refractivity contribution in [3.05, 3.63) is 0 Å². The van der Waals surface area contributed by atoms with Gasteiger partial charge in [0, 0.05) is 18.3 Å². The molecule has 5 saturated carbocycles. The number of rotatable bonds is 4. The molecule has 0 aromatic heterocycles. The van der Waals surface area contributed by atoms with E-state index in [1.165, 1.54) is 38.5 Å². The highest BCUT2D eigenvalue weighted by atomic mass is 28.4. The summed E-state index contributed by atoms with van der Waals surface area (Å²) in [6, 6.07) is 0. The standard InChI is InChI=1S/C31H56O3Si2/c1-28(2,3)35(8,9)33-26-15-14-23-22-13-12-20-18-21(32)19-25-27(34-36(10,11)29(4,5)6)31(20,25)24(22)16-17-30(23,26)7/h20,22-27H,12-19H2,1-11H3/t20-,22-,23-,24-,25-,26-,27+,30-,31+/m0/s1. The van der Waals surface area contributed by atoms with Crippen molar-refractivity contribution in [1.82, 2.24) is 0 Å². The van der Waals surface area contributed by atoms with Crippen molar-refractivity contribution < 1.29 is 13.6 Å². The van der Waals surface area contributed by atoms with Crippen molar-refractivity contribution in [3.8, 4) is 0 Å². The van der Waals surface area contributed by atoms with E-state index < -0.39 is 16.6 Å². The first-order chi connectivity index (χ1) is 16.4. The van der Waals surface area contributed by atoms with Gasteiger partial charge in [0.25, 0.3) is 0 Å². The number of carbonyl (C=O) groups is 1. The normalized spacial score (nSPS) is 45.0. The van der Waals surface area contributed by atoms with Gasteiger partial charge in [-0.05, 0) is 110 Å². The van der Waals surface area contributed by atoms with Crippen LogP contribution in [0.4, 0.5) is 0 Å². The predicted octanol–water partition coefficient (Wildman–Crippen LogP) is 8.60. The zero-order valence-corrected chi connectivity index (χ0v) is 27.4. The molecule has 36 heavy (non-hydrogen) atoms. The first kappa shape index (κ1) is 27.6. The second kappa shape index (κ2) is 8.27. The summed E-state index contributed by atoms with van der Waals surface area (Å²) < 4.78 is 14.4. The fourth-order valence-corrected chi connectivity index (χ4v) is 12.1. The molecule has 0 radical (unpaired) electrons. The molecule has 0 N–H and O–H groups in total. The molecule has 0 bridgehead atoms. The third-order valence-corrected chi connectivity index (χ3v) is 22.3. The Balaban J connectivity index is 1.42. The fourth-order valence-electron chi connectivity index (χ4n) is 9.27. The van der Waals surface area contributed by atoms with Crippen LogP contribution in [0, 0.1) is 40.4 Å². The van der Waals surface area contributed by atoms with Crippen molar-refractivity contribution in [2.24, 2.45) is 40.4 Å². The maximum absolute atomic E-state index is 12.9. The quantitative estimate of drug-likeness (QED) is 0.340. The molecule has 9 atom stereocenters. The number of Topliss-reactive ketones (excluding diaryl/α,β-unsaturated/α-hetero) is 1. The van der Waals surface area contributed by atoms with Gasteiger partial charge < -0.3 is 8.85 Å². The summed E-state index contributed by atoms with van der Waals surface area (Å²) in [5.74, 6) is 3.93. The lowest BCUT2D eigenvalue weighted by molar-refractivity contribution is -0.130. The van der Waals surface area contributed by atoms with Crippen molar-refractivity contribution in [3.63, 3.8) is 0 Å². The number of hydrogen-bond acceptors (Lipinski definition) is 3. The maximum Gasteiger partial charge on any atom is 0.192 e. The third kappa shape index (κ3) is 3.86. The topological polar surface area (TPSA) is 35.5 Å². The van der Waals surface area contributed by atoms with Crippen molar-refractivity contribution in [1.29, 1.82) is 0 Å². The molecule has 206 valence electrons. The summed E-state index contributed by atoms with van der Waals surface area (Å²) in [7, 11) is -3.67. The molecule has 0 heterocycles. The minimum absolute atomic E-state index is 0.216. The van der Waals surface area contributed by atoms with Gasteiger partial charge in [0.1, 0.15) is 5.78 Å². The van der Waals surface area contributed by atoms with Crippen LogP contribution < -0.4 is 0 Å². The summed E-state index contributed by atoms with van der Waals surface area (Å²) in [6.45, 7) is 26.5. The van der Waals surface area contributed by atoms with Crippen LogP contribution in [-0.2, 0) is 13.6 Å². The zero-order valence-electron chi connectivity index (χ0n) is 25.4. The number of hydrogen-bond donors (Lipinski definition) is 0. The van der Waals surface area contributed by atoms with E-state index in [2.05, 4.69) is 74.7 Å². The molecule has 0 amide bonds. The Bertz CT molecular complexity index is 898. The third-order valence-electron chi connectivity index (χ3n) is 13.3. The average molecular weight is 533 g/mol. The molecule has 0 aliphatic heterocycles. The molecule has 5 rings (SSSR count). The lowest BCUT2D eigenvalue weighted by Crippen LogP contribution is -2.54. The second-order valence-corrected chi connectivity index (χ2v) is 26.5. The molecule has 3 nitrogen and oxygen atoms in total. The van der Waals surface area contributed by atoms with Crippen LogP contribution in [0.3, 0.4) is 0 Å². The molecular weight excluding hydrogens is 477 g/mol. The summed E-state index contributed by atoms with van der Waals surface area (Å²) >= 11 is 0. The zero-order chi connectivity index (χ0) is 26.7. The summed E-state index contributed by atoms with van der Waals surface area (Å²) in [6.07, 6.45) is 10.2. The summed E-state index contributed by atoms with van der Waals surface area (Å²) in [4.78, 5) is 12.9. The van der Waals surface area contributed by atoms with Crippen LogP contribution in [0.15, 0.2) is 0 Å². The Kier molecular flexibility index (Phi) is 6.34. The molecular formula is C31H56O3Si2. The maximum atomic E-state index is 12.9. The van der Waals surface area contributed by atoms with E-state index in [0.29, 0.717) is 40.7 Å². The van der Waals surface area contributed by atoms with Crippen LogP contribution in [0.1, 0.15) is 99.8 Å². The highest BCUT2D eigenvalue weighted by Gasteiger charge is 2.78. The van der Waals surface area contributed by atoms with Gasteiger partial charge in [0.2, 0.25) is 0 Å². The van der Waals surface area contributed by atoms with Gasteiger partial charge in [-0.15, -0.1) is 0 Å². The molecule has 5 heteroatoms. The molecule has 5 fully saturated rings. The van der Waals surface area contributed by atoms with Gasteiger partial charge in [-0.25, -0.2) is 0 Å². The summed E-state index contributed by atoms with van der Waals surface area (Å²) in [5.41, 5.74) is 0.622. The van der Waals surface area contributed by atoms with Gasteiger partial charge >= 0.3 is 0 Å². The Morgan fingerprint density at radius 3 is 1.97 bits per heavy atom. The van der Waals surface area contributed by atoms with E-state index in [9.17, 15) is 4.79 Å². The highest BCUT2D eigenvalue weighted by Crippen LogP contribution is 2.77. The van der Waals surface area contributed by atoms with E-state index >= 15 is 0 Å². The molecule has 0 aromatic carbocycles. The van der Waals surface area contributed by atoms with E-state index in [4.69, 9.17) is 8.85 Å². The molecule has 5 aliphatic rings.